The zero-order valence-corrected chi connectivity index (χ0v) is 11.7. The number of aromatic nitrogens is 2. The van der Waals surface area contributed by atoms with Gasteiger partial charge in [0.1, 0.15) is 0 Å². The van der Waals surface area contributed by atoms with Crippen molar-refractivity contribution >= 4 is 21.7 Å². The van der Waals surface area contributed by atoms with Gasteiger partial charge in [0.2, 0.25) is 5.88 Å². The number of anilines is 1. The third-order valence-corrected chi connectivity index (χ3v) is 2.45. The summed E-state index contributed by atoms with van der Waals surface area (Å²) in [6.07, 6.45) is 1.39. The summed E-state index contributed by atoms with van der Waals surface area (Å²) in [5.74, 6) is 0.770. The van der Waals surface area contributed by atoms with Gasteiger partial charge in [0.25, 0.3) is 6.43 Å². The number of alkyl halides is 3. The summed E-state index contributed by atoms with van der Waals surface area (Å²) >= 11 is 3.23. The first-order chi connectivity index (χ1) is 8.67. The van der Waals surface area contributed by atoms with Crippen molar-refractivity contribution in [3.05, 3.63) is 12.4 Å². The molecule has 0 aliphatic rings. The minimum Gasteiger partial charge on any atom is -0.477 e. The molecule has 7 heteroatoms. The van der Waals surface area contributed by atoms with Crippen molar-refractivity contribution in [1.82, 2.24) is 9.97 Å². The zero-order chi connectivity index (χ0) is 13.4. The van der Waals surface area contributed by atoms with Crippen LogP contribution in [-0.4, -0.2) is 41.4 Å². The van der Waals surface area contributed by atoms with Crippen LogP contribution in [0.25, 0.3) is 0 Å². The molecule has 0 spiro atoms. The normalized spacial score (nSPS) is 10.7. The number of halogens is 3. The fraction of sp³-hybridized carbons (Fsp3) is 0.636. The van der Waals surface area contributed by atoms with Gasteiger partial charge in [-0.3, -0.25) is 4.98 Å². The molecule has 0 aliphatic heterocycles. The molecule has 0 aromatic carbocycles. The Morgan fingerprint density at radius 1 is 1.44 bits per heavy atom. The Morgan fingerprint density at radius 3 is 2.83 bits per heavy atom. The Bertz CT molecular complexity index is 355. The second-order valence-electron chi connectivity index (χ2n) is 3.59. The summed E-state index contributed by atoms with van der Waals surface area (Å²) < 4.78 is 30.3. The molecule has 102 valence electrons. The predicted molar refractivity (Wildman–Crippen MR) is 69.8 cm³/mol. The lowest BCUT2D eigenvalue weighted by atomic mass is 10.4. The summed E-state index contributed by atoms with van der Waals surface area (Å²) in [6.45, 7) is 2.59. The van der Waals surface area contributed by atoms with Crippen LogP contribution in [0.15, 0.2) is 12.4 Å². The number of ether oxygens (including phenoxy) is 1. The van der Waals surface area contributed by atoms with Crippen molar-refractivity contribution in [2.45, 2.75) is 19.8 Å². The summed E-state index contributed by atoms with van der Waals surface area (Å²) in [7, 11) is 0. The van der Waals surface area contributed by atoms with E-state index in [1.54, 1.807) is 0 Å². The van der Waals surface area contributed by atoms with Crippen molar-refractivity contribution in [3.63, 3.8) is 0 Å². The maximum absolute atomic E-state index is 12.5. The highest BCUT2D eigenvalue weighted by Crippen LogP contribution is 2.15. The van der Waals surface area contributed by atoms with Gasteiger partial charge in [0.05, 0.1) is 25.5 Å². The van der Waals surface area contributed by atoms with Gasteiger partial charge in [-0.15, -0.1) is 0 Å². The van der Waals surface area contributed by atoms with E-state index in [9.17, 15) is 8.78 Å². The molecule has 1 aromatic heterocycles. The molecule has 0 unspecified atom stereocenters. The number of rotatable bonds is 8. The summed E-state index contributed by atoms with van der Waals surface area (Å²) in [5, 5.41) is 0.585. The van der Waals surface area contributed by atoms with Gasteiger partial charge in [0, 0.05) is 11.9 Å². The van der Waals surface area contributed by atoms with E-state index in [1.165, 1.54) is 17.3 Å². The molecule has 0 aliphatic carbocycles. The molecule has 1 aromatic rings. The number of hydrogen-bond donors (Lipinski definition) is 0. The quantitative estimate of drug-likeness (QED) is 0.689. The average Bonchev–Trinajstić information content (AvgIpc) is 2.36. The fourth-order valence-electron chi connectivity index (χ4n) is 1.33. The van der Waals surface area contributed by atoms with Crippen LogP contribution in [0.5, 0.6) is 5.88 Å². The van der Waals surface area contributed by atoms with E-state index >= 15 is 0 Å². The van der Waals surface area contributed by atoms with Crippen molar-refractivity contribution in [1.29, 1.82) is 0 Å². The van der Waals surface area contributed by atoms with E-state index < -0.39 is 6.43 Å². The van der Waals surface area contributed by atoms with E-state index in [0.29, 0.717) is 30.2 Å². The molecular formula is C11H16BrF2N3O. The zero-order valence-electron chi connectivity index (χ0n) is 10.2. The molecule has 0 fully saturated rings. The van der Waals surface area contributed by atoms with E-state index in [4.69, 9.17) is 4.74 Å². The highest BCUT2D eigenvalue weighted by atomic mass is 79.9. The Kier molecular flexibility index (Phi) is 6.85. The Hall–Kier alpha value is -0.980. The number of nitrogens with zero attached hydrogens (tertiary/aromatic N) is 3. The van der Waals surface area contributed by atoms with Crippen LogP contribution in [0.2, 0.25) is 0 Å². The molecule has 1 rings (SSSR count). The first kappa shape index (κ1) is 15.1. The number of hydrogen-bond acceptors (Lipinski definition) is 4. The Balaban J connectivity index is 2.76. The van der Waals surface area contributed by atoms with Gasteiger partial charge in [-0.2, -0.15) is 4.98 Å². The molecular weight excluding hydrogens is 308 g/mol. The first-order valence-corrected chi connectivity index (χ1v) is 6.83. The molecule has 0 atom stereocenters. The monoisotopic (exact) mass is 323 g/mol. The molecule has 4 nitrogen and oxygen atoms in total. The lowest BCUT2D eigenvalue weighted by Crippen LogP contribution is -2.31. The summed E-state index contributed by atoms with van der Waals surface area (Å²) in [4.78, 5) is 9.61. The molecule has 0 saturated heterocycles. The summed E-state index contributed by atoms with van der Waals surface area (Å²) in [6, 6.07) is 0. The van der Waals surface area contributed by atoms with E-state index in [2.05, 4.69) is 25.9 Å². The van der Waals surface area contributed by atoms with Crippen LogP contribution in [-0.2, 0) is 0 Å². The Morgan fingerprint density at radius 2 is 2.22 bits per heavy atom. The van der Waals surface area contributed by atoms with Crippen LogP contribution < -0.4 is 9.64 Å². The van der Waals surface area contributed by atoms with Gasteiger partial charge >= 0.3 is 0 Å². The lowest BCUT2D eigenvalue weighted by molar-refractivity contribution is 0.155. The van der Waals surface area contributed by atoms with Crippen LogP contribution in [0, 0.1) is 0 Å². The average molecular weight is 324 g/mol. The predicted octanol–water partition coefficient (Wildman–Crippen LogP) is 2.73. The van der Waals surface area contributed by atoms with Crippen molar-refractivity contribution in [3.8, 4) is 5.88 Å². The van der Waals surface area contributed by atoms with E-state index in [1.807, 2.05) is 6.92 Å². The molecule has 18 heavy (non-hydrogen) atoms. The topological polar surface area (TPSA) is 38.2 Å². The molecule has 0 saturated carbocycles. The van der Waals surface area contributed by atoms with Gasteiger partial charge in [0.15, 0.2) is 5.82 Å². The van der Waals surface area contributed by atoms with Gasteiger partial charge in [-0.1, -0.05) is 22.9 Å². The van der Waals surface area contributed by atoms with E-state index in [0.717, 1.165) is 6.42 Å². The second kappa shape index (κ2) is 8.18. The highest BCUT2D eigenvalue weighted by molar-refractivity contribution is 9.09. The SMILES string of the molecule is CCCOc1cncc(N(CCBr)CC(F)F)n1. The van der Waals surface area contributed by atoms with Crippen LogP contribution in [0.3, 0.4) is 0 Å². The fourth-order valence-corrected chi connectivity index (χ4v) is 1.76. The van der Waals surface area contributed by atoms with Crippen LogP contribution >= 0.6 is 15.9 Å². The minimum atomic E-state index is -2.41. The van der Waals surface area contributed by atoms with Gasteiger partial charge < -0.3 is 9.64 Å². The molecule has 0 bridgehead atoms. The lowest BCUT2D eigenvalue weighted by Gasteiger charge is -2.22. The molecule has 1 heterocycles. The van der Waals surface area contributed by atoms with Gasteiger partial charge in [-0.25, -0.2) is 8.78 Å². The molecule has 0 N–H and O–H groups in total. The standard InChI is InChI=1S/C11H16BrF2N3O/c1-2-5-18-11-7-15-6-10(16-11)17(4-3-12)8-9(13)14/h6-7,9H,2-5,8H2,1H3. The maximum atomic E-state index is 12.5. The summed E-state index contributed by atoms with van der Waals surface area (Å²) in [5.41, 5.74) is 0. The van der Waals surface area contributed by atoms with Gasteiger partial charge in [-0.05, 0) is 6.42 Å². The second-order valence-corrected chi connectivity index (χ2v) is 4.38. The third kappa shape index (κ3) is 5.12. The molecule has 0 amide bonds. The van der Waals surface area contributed by atoms with Crippen LogP contribution in [0.1, 0.15) is 13.3 Å². The van der Waals surface area contributed by atoms with Crippen molar-refractivity contribution in [2.75, 3.05) is 29.9 Å². The largest absolute Gasteiger partial charge is 0.477 e. The first-order valence-electron chi connectivity index (χ1n) is 5.71. The van der Waals surface area contributed by atoms with E-state index in [-0.39, 0.29) is 6.54 Å². The smallest absolute Gasteiger partial charge is 0.255 e. The molecule has 0 radical (unpaired) electrons. The highest BCUT2D eigenvalue weighted by Gasteiger charge is 2.14. The van der Waals surface area contributed by atoms with Crippen molar-refractivity contribution in [2.24, 2.45) is 0 Å². The van der Waals surface area contributed by atoms with Crippen LogP contribution in [0.4, 0.5) is 14.6 Å². The maximum Gasteiger partial charge on any atom is 0.255 e. The van der Waals surface area contributed by atoms with Crippen molar-refractivity contribution < 1.29 is 13.5 Å². The minimum absolute atomic E-state index is 0.364. The third-order valence-electron chi connectivity index (χ3n) is 2.09. The Labute approximate surface area is 113 Å².